The van der Waals surface area contributed by atoms with Crippen LogP contribution < -0.4 is 19.5 Å². The molecule has 0 fully saturated rings. The molecule has 2 N–H and O–H groups in total. The lowest BCUT2D eigenvalue weighted by Crippen LogP contribution is -2.23. The highest BCUT2D eigenvalue weighted by molar-refractivity contribution is 7.92. The summed E-state index contributed by atoms with van der Waals surface area (Å²) in [4.78, 5) is 12.4. The molecule has 9 heteroatoms. The van der Waals surface area contributed by atoms with Crippen LogP contribution in [-0.2, 0) is 16.6 Å². The summed E-state index contributed by atoms with van der Waals surface area (Å²) >= 11 is 0. The van der Waals surface area contributed by atoms with E-state index in [0.29, 0.717) is 11.5 Å². The highest BCUT2D eigenvalue weighted by Crippen LogP contribution is 2.30. The minimum absolute atomic E-state index is 0.0956. The van der Waals surface area contributed by atoms with Crippen molar-refractivity contribution >= 4 is 21.6 Å². The normalized spacial score (nSPS) is 10.9. The molecule has 0 radical (unpaired) electrons. The van der Waals surface area contributed by atoms with Gasteiger partial charge >= 0.3 is 0 Å². The number of nitrogens with one attached hydrogen (secondary N) is 2. The van der Waals surface area contributed by atoms with Gasteiger partial charge in [0.15, 0.2) is 11.5 Å². The zero-order valence-corrected chi connectivity index (χ0v) is 17.7. The number of methoxy groups -OCH3 is 2. The highest BCUT2D eigenvalue weighted by Gasteiger charge is 2.17. The van der Waals surface area contributed by atoms with Gasteiger partial charge in [0, 0.05) is 17.7 Å². The molecule has 0 heterocycles. The fourth-order valence-corrected chi connectivity index (χ4v) is 3.97. The summed E-state index contributed by atoms with van der Waals surface area (Å²) in [5.74, 6) is -0.0111. The standard InChI is InChI=1S/C22H21FN2O5S/c1-29-20-9-5-6-16(21(20)30-2)14-24-22(26)15-10-12-17(13-11-15)31(27,28)25-19-8-4-3-7-18(19)23/h3-13,25H,14H2,1-2H3,(H,24,26). The summed E-state index contributed by atoms with van der Waals surface area (Å²) in [6.45, 7) is 0.189. The van der Waals surface area contributed by atoms with E-state index in [0.717, 1.165) is 11.6 Å². The Balaban J connectivity index is 1.70. The van der Waals surface area contributed by atoms with Crippen LogP contribution in [0.25, 0.3) is 0 Å². The summed E-state index contributed by atoms with van der Waals surface area (Å²) in [6, 6.07) is 16.1. The van der Waals surface area contributed by atoms with Crippen LogP contribution in [0.15, 0.2) is 71.6 Å². The van der Waals surface area contributed by atoms with Crippen molar-refractivity contribution in [2.24, 2.45) is 0 Å². The predicted octanol–water partition coefficient (Wildman–Crippen LogP) is 3.57. The lowest BCUT2D eigenvalue weighted by molar-refractivity contribution is 0.0950. The number of amides is 1. The molecule has 0 saturated carbocycles. The summed E-state index contributed by atoms with van der Waals surface area (Å²) < 4.78 is 51.5. The molecule has 3 aromatic rings. The Morgan fingerprint density at radius 1 is 0.935 bits per heavy atom. The summed E-state index contributed by atoms with van der Waals surface area (Å²) in [6.07, 6.45) is 0. The van der Waals surface area contributed by atoms with Crippen LogP contribution in [0.5, 0.6) is 11.5 Å². The van der Waals surface area contributed by atoms with Gasteiger partial charge in [-0.05, 0) is 42.5 Å². The minimum Gasteiger partial charge on any atom is -0.493 e. The number of para-hydroxylation sites is 2. The number of hydrogen-bond donors (Lipinski definition) is 2. The van der Waals surface area contributed by atoms with Crippen molar-refractivity contribution in [1.82, 2.24) is 5.32 Å². The van der Waals surface area contributed by atoms with Crippen molar-refractivity contribution in [2.75, 3.05) is 18.9 Å². The third-order valence-electron chi connectivity index (χ3n) is 4.47. The average molecular weight is 444 g/mol. The largest absolute Gasteiger partial charge is 0.493 e. The highest BCUT2D eigenvalue weighted by atomic mass is 32.2. The molecule has 0 aliphatic carbocycles. The monoisotopic (exact) mass is 444 g/mol. The van der Waals surface area contributed by atoms with E-state index >= 15 is 0 Å². The minimum atomic E-state index is -4.00. The second-order valence-electron chi connectivity index (χ2n) is 6.45. The quantitative estimate of drug-likeness (QED) is 0.554. The van der Waals surface area contributed by atoms with Gasteiger partial charge in [-0.2, -0.15) is 0 Å². The van der Waals surface area contributed by atoms with Gasteiger partial charge in [0.1, 0.15) is 5.82 Å². The van der Waals surface area contributed by atoms with Crippen LogP contribution in [0.2, 0.25) is 0 Å². The van der Waals surface area contributed by atoms with Gasteiger partial charge in [-0.1, -0.05) is 24.3 Å². The number of hydrogen-bond acceptors (Lipinski definition) is 5. The third-order valence-corrected chi connectivity index (χ3v) is 5.85. The molecule has 1 amide bonds. The van der Waals surface area contributed by atoms with Crippen LogP contribution in [0, 0.1) is 5.82 Å². The van der Waals surface area contributed by atoms with E-state index in [-0.39, 0.29) is 22.7 Å². The Bertz CT molecular complexity index is 1180. The maximum Gasteiger partial charge on any atom is 0.261 e. The fourth-order valence-electron chi connectivity index (χ4n) is 2.90. The first-order valence-corrected chi connectivity index (χ1v) is 10.7. The van der Waals surface area contributed by atoms with Crippen LogP contribution in [0.3, 0.4) is 0 Å². The Morgan fingerprint density at radius 2 is 1.65 bits per heavy atom. The number of carbonyl (C=O) groups excluding carboxylic acids is 1. The van der Waals surface area contributed by atoms with E-state index in [9.17, 15) is 17.6 Å². The van der Waals surface area contributed by atoms with Gasteiger partial charge in [0.25, 0.3) is 15.9 Å². The first-order chi connectivity index (χ1) is 14.9. The van der Waals surface area contributed by atoms with Crippen LogP contribution in [-0.4, -0.2) is 28.5 Å². The van der Waals surface area contributed by atoms with Crippen molar-refractivity contribution in [2.45, 2.75) is 11.4 Å². The van der Waals surface area contributed by atoms with Gasteiger partial charge in [0.05, 0.1) is 24.8 Å². The van der Waals surface area contributed by atoms with Crippen LogP contribution in [0.4, 0.5) is 10.1 Å². The van der Waals surface area contributed by atoms with Crippen molar-refractivity contribution in [1.29, 1.82) is 0 Å². The molecule has 0 spiro atoms. The van der Waals surface area contributed by atoms with E-state index < -0.39 is 21.7 Å². The lowest BCUT2D eigenvalue weighted by Gasteiger charge is -2.13. The molecule has 0 unspecified atom stereocenters. The Kier molecular flexibility index (Phi) is 6.76. The van der Waals surface area contributed by atoms with E-state index in [1.807, 2.05) is 0 Å². The molecule has 0 aromatic heterocycles. The summed E-state index contributed by atoms with van der Waals surface area (Å²) in [5, 5.41) is 2.76. The van der Waals surface area contributed by atoms with E-state index in [2.05, 4.69) is 10.0 Å². The molecule has 0 bridgehead atoms. The summed E-state index contributed by atoms with van der Waals surface area (Å²) in [7, 11) is -0.966. The predicted molar refractivity (Wildman–Crippen MR) is 114 cm³/mol. The van der Waals surface area contributed by atoms with E-state index in [1.54, 1.807) is 18.2 Å². The van der Waals surface area contributed by atoms with E-state index in [1.165, 1.54) is 56.7 Å². The zero-order chi connectivity index (χ0) is 22.4. The van der Waals surface area contributed by atoms with Crippen molar-refractivity contribution in [3.05, 3.63) is 83.7 Å². The maximum atomic E-state index is 13.7. The molecule has 162 valence electrons. The molecule has 3 aromatic carbocycles. The topological polar surface area (TPSA) is 93.7 Å². The molecule has 7 nitrogen and oxygen atoms in total. The SMILES string of the molecule is COc1cccc(CNC(=O)c2ccc(S(=O)(=O)Nc3ccccc3F)cc2)c1OC. The second-order valence-corrected chi connectivity index (χ2v) is 8.13. The van der Waals surface area contributed by atoms with Gasteiger partial charge in [0.2, 0.25) is 0 Å². The van der Waals surface area contributed by atoms with Crippen molar-refractivity contribution in [3.8, 4) is 11.5 Å². The number of carbonyl (C=O) groups is 1. The molecule has 0 aliphatic heterocycles. The van der Waals surface area contributed by atoms with E-state index in [4.69, 9.17) is 9.47 Å². The molecule has 0 saturated heterocycles. The van der Waals surface area contributed by atoms with Gasteiger partial charge < -0.3 is 14.8 Å². The zero-order valence-electron chi connectivity index (χ0n) is 16.9. The van der Waals surface area contributed by atoms with Gasteiger partial charge in [-0.15, -0.1) is 0 Å². The number of sulfonamides is 1. The molecular weight excluding hydrogens is 423 g/mol. The van der Waals surface area contributed by atoms with Crippen molar-refractivity contribution < 1.29 is 27.1 Å². The van der Waals surface area contributed by atoms with Crippen LogP contribution in [0.1, 0.15) is 15.9 Å². The Hall–Kier alpha value is -3.59. The first-order valence-electron chi connectivity index (χ1n) is 9.21. The average Bonchev–Trinajstić information content (AvgIpc) is 2.78. The lowest BCUT2D eigenvalue weighted by atomic mass is 10.1. The first kappa shape index (κ1) is 22.1. The maximum absolute atomic E-state index is 13.7. The van der Waals surface area contributed by atoms with Crippen molar-refractivity contribution in [3.63, 3.8) is 0 Å². The number of anilines is 1. The number of halogens is 1. The molecule has 0 atom stereocenters. The Morgan fingerprint density at radius 3 is 2.29 bits per heavy atom. The molecular formula is C22H21FN2O5S. The van der Waals surface area contributed by atoms with Gasteiger partial charge in [-0.3, -0.25) is 9.52 Å². The summed E-state index contributed by atoms with van der Waals surface area (Å²) in [5.41, 5.74) is 0.840. The fraction of sp³-hybridized carbons (Fsp3) is 0.136. The smallest absolute Gasteiger partial charge is 0.261 e. The number of benzene rings is 3. The Labute approximate surface area is 179 Å². The van der Waals surface area contributed by atoms with Gasteiger partial charge in [-0.25, -0.2) is 12.8 Å². The number of ether oxygens (including phenoxy) is 2. The number of rotatable bonds is 8. The molecule has 31 heavy (non-hydrogen) atoms. The molecule has 0 aliphatic rings. The second kappa shape index (κ2) is 9.48. The van der Waals surface area contributed by atoms with Crippen LogP contribution >= 0.6 is 0 Å². The third kappa shape index (κ3) is 5.13. The molecule has 3 rings (SSSR count).